The largest absolute Gasteiger partial charge is 0.416 e. The van der Waals surface area contributed by atoms with Crippen molar-refractivity contribution in [2.24, 2.45) is 0 Å². The number of nitrogens with zero attached hydrogens (tertiary/aromatic N) is 1. The van der Waals surface area contributed by atoms with E-state index in [-0.39, 0.29) is 6.54 Å². The highest BCUT2D eigenvalue weighted by Crippen LogP contribution is 2.34. The average molecular weight is 488 g/mol. The number of halogens is 3. The van der Waals surface area contributed by atoms with E-state index < -0.39 is 23.2 Å². The minimum atomic E-state index is -4.41. The number of hydrogen-bond acceptors (Lipinski definition) is 3. The topological polar surface area (TPSA) is 29.5 Å². The Kier molecular flexibility index (Phi) is 10.9. The molecule has 35 heavy (non-hydrogen) atoms. The van der Waals surface area contributed by atoms with E-state index in [1.807, 2.05) is 24.3 Å². The van der Waals surface area contributed by atoms with E-state index in [0.29, 0.717) is 5.56 Å². The standard InChI is InChI=1S/C29H36F3NO2/c1-5-6-7-8-9-10-11-12-13-24-14-16-25(17-15-24)22-33(35-23(2)34)28(3,4)26-18-20-27(21-19-26)29(30,31)32/h14-21H,5-11,22H2,1-4H3. The molecular weight excluding hydrogens is 451 g/mol. The Hall–Kier alpha value is -2.78. The van der Waals surface area contributed by atoms with Gasteiger partial charge in [0.05, 0.1) is 17.6 Å². The van der Waals surface area contributed by atoms with E-state index in [1.54, 1.807) is 13.8 Å². The van der Waals surface area contributed by atoms with Crippen LogP contribution < -0.4 is 0 Å². The SMILES string of the molecule is CCCCCCCCC#Cc1ccc(CN(OC(C)=O)C(C)(C)c2ccc(C(F)(F)F)cc2)cc1. The minimum absolute atomic E-state index is 0.277. The molecule has 0 heterocycles. The van der Waals surface area contributed by atoms with Crippen molar-refractivity contribution in [2.45, 2.75) is 90.9 Å². The van der Waals surface area contributed by atoms with E-state index in [0.717, 1.165) is 36.1 Å². The first-order valence-electron chi connectivity index (χ1n) is 12.3. The van der Waals surface area contributed by atoms with Crippen LogP contribution in [-0.2, 0) is 27.9 Å². The van der Waals surface area contributed by atoms with Gasteiger partial charge in [-0.2, -0.15) is 13.2 Å². The second-order valence-corrected chi connectivity index (χ2v) is 9.27. The van der Waals surface area contributed by atoms with Crippen LogP contribution in [0.1, 0.15) is 94.9 Å². The number of carbonyl (C=O) groups is 1. The van der Waals surface area contributed by atoms with Gasteiger partial charge in [-0.05, 0) is 55.7 Å². The fourth-order valence-corrected chi connectivity index (χ4v) is 3.73. The molecule has 0 fully saturated rings. The van der Waals surface area contributed by atoms with Crippen LogP contribution >= 0.6 is 0 Å². The molecule has 0 amide bonds. The molecule has 0 saturated heterocycles. The summed E-state index contributed by atoms with van der Waals surface area (Å²) in [6, 6.07) is 12.6. The van der Waals surface area contributed by atoms with Crippen molar-refractivity contribution < 1.29 is 22.8 Å². The van der Waals surface area contributed by atoms with Gasteiger partial charge in [0.2, 0.25) is 0 Å². The Morgan fingerprint density at radius 2 is 1.46 bits per heavy atom. The molecule has 0 unspecified atom stereocenters. The van der Waals surface area contributed by atoms with Crippen molar-refractivity contribution in [3.8, 4) is 11.8 Å². The van der Waals surface area contributed by atoms with Crippen molar-refractivity contribution >= 4 is 5.97 Å². The van der Waals surface area contributed by atoms with E-state index >= 15 is 0 Å². The number of rotatable bonds is 11. The zero-order valence-electron chi connectivity index (χ0n) is 21.2. The first kappa shape index (κ1) is 28.5. The smallest absolute Gasteiger partial charge is 0.367 e. The number of unbranched alkanes of at least 4 members (excludes halogenated alkanes) is 6. The summed E-state index contributed by atoms with van der Waals surface area (Å²) in [4.78, 5) is 17.2. The van der Waals surface area contributed by atoms with Crippen molar-refractivity contribution in [1.29, 1.82) is 0 Å². The van der Waals surface area contributed by atoms with Gasteiger partial charge in [-0.1, -0.05) is 75.1 Å². The third-order valence-corrected chi connectivity index (χ3v) is 5.95. The molecule has 2 aromatic carbocycles. The lowest BCUT2D eigenvalue weighted by molar-refractivity contribution is -0.222. The molecule has 190 valence electrons. The molecule has 0 saturated carbocycles. The minimum Gasteiger partial charge on any atom is -0.367 e. The maximum atomic E-state index is 13.0. The number of hydrogen-bond donors (Lipinski definition) is 0. The highest BCUT2D eigenvalue weighted by atomic mass is 19.4. The van der Waals surface area contributed by atoms with Crippen LogP contribution in [0.3, 0.4) is 0 Å². The number of carbonyl (C=O) groups excluding carboxylic acids is 1. The predicted molar refractivity (Wildman–Crippen MR) is 133 cm³/mol. The van der Waals surface area contributed by atoms with Gasteiger partial charge in [-0.3, -0.25) is 4.79 Å². The van der Waals surface area contributed by atoms with Gasteiger partial charge < -0.3 is 4.84 Å². The molecule has 0 aliphatic carbocycles. The van der Waals surface area contributed by atoms with Crippen molar-refractivity contribution in [2.75, 3.05) is 0 Å². The summed E-state index contributed by atoms with van der Waals surface area (Å²) >= 11 is 0. The third kappa shape index (κ3) is 9.41. The van der Waals surface area contributed by atoms with E-state index in [4.69, 9.17) is 4.84 Å². The third-order valence-electron chi connectivity index (χ3n) is 5.95. The summed E-state index contributed by atoms with van der Waals surface area (Å²) < 4.78 is 38.9. The van der Waals surface area contributed by atoms with Crippen LogP contribution in [0.25, 0.3) is 0 Å². The van der Waals surface area contributed by atoms with Gasteiger partial charge in [-0.25, -0.2) is 0 Å². The predicted octanol–water partition coefficient (Wildman–Crippen LogP) is 8.02. The fourth-order valence-electron chi connectivity index (χ4n) is 3.73. The van der Waals surface area contributed by atoms with Gasteiger partial charge in [0.25, 0.3) is 0 Å². The van der Waals surface area contributed by atoms with Crippen molar-refractivity contribution in [3.05, 3.63) is 70.8 Å². The lowest BCUT2D eigenvalue weighted by Crippen LogP contribution is -2.42. The lowest BCUT2D eigenvalue weighted by Gasteiger charge is -2.37. The van der Waals surface area contributed by atoms with Gasteiger partial charge in [0.1, 0.15) is 0 Å². The summed E-state index contributed by atoms with van der Waals surface area (Å²) in [5.41, 5.74) is 0.840. The highest BCUT2D eigenvalue weighted by molar-refractivity contribution is 5.65. The maximum absolute atomic E-state index is 13.0. The number of alkyl halides is 3. The van der Waals surface area contributed by atoms with Crippen LogP contribution in [0.4, 0.5) is 13.2 Å². The van der Waals surface area contributed by atoms with Crippen LogP contribution in [0.5, 0.6) is 0 Å². The first-order valence-corrected chi connectivity index (χ1v) is 12.3. The van der Waals surface area contributed by atoms with Gasteiger partial charge in [0, 0.05) is 18.9 Å². The molecule has 3 nitrogen and oxygen atoms in total. The lowest BCUT2D eigenvalue weighted by atomic mass is 9.92. The monoisotopic (exact) mass is 487 g/mol. The summed E-state index contributed by atoms with van der Waals surface area (Å²) in [5, 5.41) is 1.50. The Bertz CT molecular complexity index is 984. The first-order chi connectivity index (χ1) is 16.5. The average Bonchev–Trinajstić information content (AvgIpc) is 2.80. The van der Waals surface area contributed by atoms with Crippen molar-refractivity contribution in [3.63, 3.8) is 0 Å². The molecule has 6 heteroatoms. The van der Waals surface area contributed by atoms with Crippen molar-refractivity contribution in [1.82, 2.24) is 5.06 Å². The Morgan fingerprint density at radius 1 is 0.886 bits per heavy atom. The number of benzene rings is 2. The molecular formula is C29H36F3NO2. The Labute approximate surface area is 207 Å². The highest BCUT2D eigenvalue weighted by Gasteiger charge is 2.34. The van der Waals surface area contributed by atoms with Gasteiger partial charge in [0.15, 0.2) is 0 Å². The summed E-state index contributed by atoms with van der Waals surface area (Å²) in [6.07, 6.45) is 3.93. The summed E-state index contributed by atoms with van der Waals surface area (Å²) in [5.74, 6) is 5.92. The molecule has 2 rings (SSSR count). The number of hydroxylamine groups is 2. The molecule has 0 spiro atoms. The molecule has 0 atom stereocenters. The van der Waals surface area contributed by atoms with E-state index in [1.165, 1.54) is 56.2 Å². The molecule has 0 aromatic heterocycles. The van der Waals surface area contributed by atoms with E-state index in [9.17, 15) is 18.0 Å². The zero-order valence-corrected chi connectivity index (χ0v) is 21.2. The molecule has 0 radical (unpaired) electrons. The Balaban J connectivity index is 2.04. The van der Waals surface area contributed by atoms with Crippen LogP contribution in [0, 0.1) is 11.8 Å². The second kappa shape index (κ2) is 13.3. The quantitative estimate of drug-likeness (QED) is 0.183. The normalized spacial score (nSPS) is 11.8. The van der Waals surface area contributed by atoms with Gasteiger partial charge >= 0.3 is 12.1 Å². The summed E-state index contributed by atoms with van der Waals surface area (Å²) in [7, 11) is 0. The van der Waals surface area contributed by atoms with Crippen LogP contribution in [-0.4, -0.2) is 11.0 Å². The molecule has 2 aromatic rings. The molecule has 0 N–H and O–H groups in total. The molecule has 0 aliphatic rings. The summed E-state index contributed by atoms with van der Waals surface area (Å²) in [6.45, 7) is 7.41. The Morgan fingerprint density at radius 3 is 2.03 bits per heavy atom. The fraction of sp³-hybridized carbons (Fsp3) is 0.483. The van der Waals surface area contributed by atoms with E-state index in [2.05, 4.69) is 18.8 Å². The van der Waals surface area contributed by atoms with Crippen LogP contribution in [0.2, 0.25) is 0 Å². The maximum Gasteiger partial charge on any atom is 0.416 e. The van der Waals surface area contributed by atoms with Crippen LogP contribution in [0.15, 0.2) is 48.5 Å². The van der Waals surface area contributed by atoms with Gasteiger partial charge in [-0.15, -0.1) is 5.06 Å². The molecule has 0 aliphatic heterocycles. The zero-order chi connectivity index (χ0) is 25.9. The molecule has 0 bridgehead atoms. The second-order valence-electron chi connectivity index (χ2n) is 9.27.